The topological polar surface area (TPSA) is 46.6 Å². The Morgan fingerprint density at radius 1 is 1.40 bits per heavy atom. The number of hydrogen-bond acceptors (Lipinski definition) is 3. The van der Waals surface area contributed by atoms with Crippen LogP contribution in [0.5, 0.6) is 0 Å². The number of rotatable bonds is 5. The van der Waals surface area contributed by atoms with Crippen molar-refractivity contribution in [2.75, 3.05) is 13.6 Å². The minimum Gasteiger partial charge on any atom is -0.457 e. The quantitative estimate of drug-likeness (QED) is 0.467. The van der Waals surface area contributed by atoms with Gasteiger partial charge in [-0.25, -0.2) is 4.39 Å². The Morgan fingerprint density at radius 2 is 2.08 bits per heavy atom. The van der Waals surface area contributed by atoms with E-state index in [1.54, 1.807) is 24.1 Å². The third kappa shape index (κ3) is 4.82. The molecule has 1 aromatic carbocycles. The summed E-state index contributed by atoms with van der Waals surface area (Å²) in [6.45, 7) is 3.91. The fraction of sp³-hybridized carbons (Fsp3) is 0.500. The molecule has 1 aliphatic heterocycles. The maximum Gasteiger partial charge on any atom is 0.303 e. The predicted molar refractivity (Wildman–Crippen MR) is 92.8 cm³/mol. The van der Waals surface area contributed by atoms with Crippen LogP contribution in [0, 0.1) is 29.5 Å². The number of hydrogen-bond donors (Lipinski definition) is 0. The lowest BCUT2D eigenvalue weighted by Crippen LogP contribution is -2.29. The van der Waals surface area contributed by atoms with Crippen molar-refractivity contribution in [3.8, 4) is 11.8 Å². The molecular weight excluding hydrogens is 321 g/mol. The molecule has 134 valence electrons. The van der Waals surface area contributed by atoms with E-state index in [1.807, 2.05) is 0 Å². The largest absolute Gasteiger partial charge is 0.457 e. The van der Waals surface area contributed by atoms with Gasteiger partial charge in [-0.3, -0.25) is 9.59 Å². The van der Waals surface area contributed by atoms with E-state index in [9.17, 15) is 14.0 Å². The molecule has 0 saturated carbocycles. The van der Waals surface area contributed by atoms with E-state index in [1.165, 1.54) is 19.1 Å². The number of carbonyl (C=O) groups is 2. The van der Waals surface area contributed by atoms with Crippen LogP contribution in [0.2, 0.25) is 0 Å². The Kier molecular flexibility index (Phi) is 6.58. The molecule has 2 rings (SSSR count). The number of ether oxygens (including phenoxy) is 1. The second-order valence-electron chi connectivity index (χ2n) is 6.36. The molecule has 0 N–H and O–H groups in total. The molecule has 0 aromatic heterocycles. The number of unbranched alkanes of at least 4 members (excludes halogenated alkanes) is 2. The Morgan fingerprint density at radius 3 is 2.68 bits per heavy atom. The van der Waals surface area contributed by atoms with Gasteiger partial charge >= 0.3 is 5.97 Å². The normalized spacial score (nSPS) is 20.8. The van der Waals surface area contributed by atoms with Crippen LogP contribution < -0.4 is 0 Å². The summed E-state index contributed by atoms with van der Waals surface area (Å²) in [7, 11) is 1.72. The summed E-state index contributed by atoms with van der Waals surface area (Å²) in [5, 5.41) is 0. The van der Waals surface area contributed by atoms with Gasteiger partial charge in [0.1, 0.15) is 11.9 Å². The van der Waals surface area contributed by atoms with Crippen molar-refractivity contribution < 1.29 is 18.7 Å². The molecule has 1 amide bonds. The highest BCUT2D eigenvalue weighted by atomic mass is 19.1. The summed E-state index contributed by atoms with van der Waals surface area (Å²) < 4.78 is 18.7. The number of halogens is 1. The summed E-state index contributed by atoms with van der Waals surface area (Å²) in [6, 6.07) is 5.71. The second kappa shape index (κ2) is 8.66. The lowest BCUT2D eigenvalue weighted by molar-refractivity contribution is -0.152. The molecule has 1 aromatic rings. The van der Waals surface area contributed by atoms with Crippen LogP contribution in [0.3, 0.4) is 0 Å². The molecule has 1 saturated heterocycles. The summed E-state index contributed by atoms with van der Waals surface area (Å²) in [5.41, 5.74) is 0.602. The number of carbonyl (C=O) groups excluding carboxylic acids is 2. The Labute approximate surface area is 148 Å². The third-order valence-corrected chi connectivity index (χ3v) is 4.33. The van der Waals surface area contributed by atoms with Crippen LogP contribution >= 0.6 is 0 Å². The Hall–Kier alpha value is -2.35. The highest BCUT2D eigenvalue weighted by Crippen LogP contribution is 2.37. The molecule has 0 radical (unpaired) electrons. The van der Waals surface area contributed by atoms with Crippen LogP contribution in [-0.4, -0.2) is 30.4 Å². The zero-order valence-electron chi connectivity index (χ0n) is 14.9. The molecule has 1 aliphatic rings. The smallest absolute Gasteiger partial charge is 0.303 e. The van der Waals surface area contributed by atoms with Crippen LogP contribution in [0.1, 0.15) is 44.8 Å². The molecule has 3 unspecified atom stereocenters. The van der Waals surface area contributed by atoms with Gasteiger partial charge in [-0.1, -0.05) is 31.4 Å². The van der Waals surface area contributed by atoms with Crippen molar-refractivity contribution in [1.29, 1.82) is 0 Å². The zero-order chi connectivity index (χ0) is 18.4. The lowest BCUT2D eigenvalue weighted by atomic mass is 9.86. The molecule has 25 heavy (non-hydrogen) atoms. The first-order valence-electron chi connectivity index (χ1n) is 8.60. The van der Waals surface area contributed by atoms with Gasteiger partial charge in [-0.2, -0.15) is 0 Å². The molecule has 3 atom stereocenters. The highest BCUT2D eigenvalue weighted by molar-refractivity contribution is 5.83. The van der Waals surface area contributed by atoms with Gasteiger partial charge in [-0.05, 0) is 24.1 Å². The first-order valence-corrected chi connectivity index (χ1v) is 8.60. The van der Waals surface area contributed by atoms with Crippen LogP contribution in [-0.2, 0) is 14.3 Å². The van der Waals surface area contributed by atoms with E-state index in [0.29, 0.717) is 12.1 Å². The van der Waals surface area contributed by atoms with Crippen LogP contribution in [0.25, 0.3) is 0 Å². The number of amides is 1. The van der Waals surface area contributed by atoms with Crippen LogP contribution in [0.15, 0.2) is 24.3 Å². The first-order chi connectivity index (χ1) is 11.9. The molecule has 1 fully saturated rings. The van der Waals surface area contributed by atoms with Crippen molar-refractivity contribution in [3.05, 3.63) is 35.6 Å². The summed E-state index contributed by atoms with van der Waals surface area (Å²) in [6.07, 6.45) is 2.10. The van der Waals surface area contributed by atoms with Gasteiger partial charge in [0.05, 0.1) is 11.8 Å². The highest BCUT2D eigenvalue weighted by Gasteiger charge is 2.45. The van der Waals surface area contributed by atoms with E-state index < -0.39 is 18.0 Å². The van der Waals surface area contributed by atoms with E-state index in [-0.39, 0.29) is 17.6 Å². The lowest BCUT2D eigenvalue weighted by Gasteiger charge is -2.24. The first kappa shape index (κ1) is 19.0. The van der Waals surface area contributed by atoms with E-state index in [4.69, 9.17) is 4.74 Å². The molecule has 0 spiro atoms. The van der Waals surface area contributed by atoms with Crippen molar-refractivity contribution in [3.63, 3.8) is 0 Å². The van der Waals surface area contributed by atoms with Crippen molar-refractivity contribution in [1.82, 2.24) is 4.90 Å². The predicted octanol–water partition coefficient (Wildman–Crippen LogP) is 3.33. The summed E-state index contributed by atoms with van der Waals surface area (Å²) in [4.78, 5) is 25.9. The third-order valence-electron chi connectivity index (χ3n) is 4.33. The average molecular weight is 345 g/mol. The summed E-state index contributed by atoms with van der Waals surface area (Å²) >= 11 is 0. The maximum absolute atomic E-state index is 13.2. The van der Waals surface area contributed by atoms with Crippen LogP contribution in [0.4, 0.5) is 4.39 Å². The minimum atomic E-state index is -0.763. The van der Waals surface area contributed by atoms with E-state index >= 15 is 0 Å². The van der Waals surface area contributed by atoms with Gasteiger partial charge in [-0.15, -0.1) is 5.92 Å². The van der Waals surface area contributed by atoms with Gasteiger partial charge in [0.25, 0.3) is 0 Å². The maximum atomic E-state index is 13.2. The zero-order valence-corrected chi connectivity index (χ0v) is 14.9. The van der Waals surface area contributed by atoms with Crippen molar-refractivity contribution in [2.45, 2.75) is 39.2 Å². The minimum absolute atomic E-state index is 0.106. The van der Waals surface area contributed by atoms with Crippen molar-refractivity contribution in [2.24, 2.45) is 11.8 Å². The van der Waals surface area contributed by atoms with Gasteiger partial charge in [0.15, 0.2) is 0 Å². The number of likely N-dealkylation sites (tertiary alicyclic amines) is 1. The van der Waals surface area contributed by atoms with E-state index in [2.05, 4.69) is 18.8 Å². The molecule has 0 aliphatic carbocycles. The average Bonchev–Trinajstić information content (AvgIpc) is 2.85. The monoisotopic (exact) mass is 345 g/mol. The Bertz CT molecular complexity index is 674. The SMILES string of the molecule is CCCCC#CC1CN(C)C(=O)C1C(OC(C)=O)c1ccc(F)cc1. The van der Waals surface area contributed by atoms with Gasteiger partial charge in [0.2, 0.25) is 5.91 Å². The number of benzene rings is 1. The molecule has 4 nitrogen and oxygen atoms in total. The van der Waals surface area contributed by atoms with E-state index in [0.717, 1.165) is 19.3 Å². The van der Waals surface area contributed by atoms with Gasteiger partial charge in [0, 0.05) is 26.9 Å². The molecular formula is C20H24FNO3. The number of nitrogens with zero attached hydrogens (tertiary/aromatic N) is 1. The van der Waals surface area contributed by atoms with Gasteiger partial charge < -0.3 is 9.64 Å². The van der Waals surface area contributed by atoms with Crippen molar-refractivity contribution >= 4 is 11.9 Å². The fourth-order valence-electron chi connectivity index (χ4n) is 3.05. The number of esters is 1. The molecule has 5 heteroatoms. The Balaban J connectivity index is 2.33. The molecule has 0 bridgehead atoms. The standard InChI is InChI=1S/C20H24FNO3/c1-4-5-6-7-8-16-13-22(3)20(24)18(16)19(25-14(2)23)15-9-11-17(21)12-10-15/h9-12,16,18-19H,4-6,13H2,1-3H3. The fourth-order valence-corrected chi connectivity index (χ4v) is 3.05. The second-order valence-corrected chi connectivity index (χ2v) is 6.36. The molecule has 1 heterocycles. The summed E-state index contributed by atoms with van der Waals surface area (Å²) in [5.74, 6) is 4.57.